The van der Waals surface area contributed by atoms with Crippen molar-refractivity contribution in [2.24, 2.45) is 0 Å². The summed E-state index contributed by atoms with van der Waals surface area (Å²) in [7, 11) is -1.98. The Hall–Kier alpha value is -2.12. The Morgan fingerprint density at radius 1 is 1.29 bits per heavy atom. The summed E-state index contributed by atoms with van der Waals surface area (Å²) in [5.74, 6) is 1.55. The number of hydrogen-bond donors (Lipinski definition) is 1. The summed E-state index contributed by atoms with van der Waals surface area (Å²) in [6.07, 6.45) is 2.50. The molecular weight excluding hydrogens is 326 g/mol. The number of benzene rings is 1. The highest BCUT2D eigenvalue weighted by Gasteiger charge is 2.28. The zero-order valence-corrected chi connectivity index (χ0v) is 14.6. The van der Waals surface area contributed by atoms with Gasteiger partial charge >= 0.3 is 0 Å². The summed E-state index contributed by atoms with van der Waals surface area (Å²) in [5, 5.41) is 0. The molecule has 0 radical (unpaired) electrons. The van der Waals surface area contributed by atoms with Gasteiger partial charge in [-0.25, -0.2) is 18.1 Å². The lowest BCUT2D eigenvalue weighted by Crippen LogP contribution is -2.37. The fourth-order valence-electron chi connectivity index (χ4n) is 2.91. The zero-order chi connectivity index (χ0) is 17.2. The summed E-state index contributed by atoms with van der Waals surface area (Å²) in [5.41, 5.74) is 0.793. The van der Waals surface area contributed by atoms with Gasteiger partial charge in [0, 0.05) is 25.3 Å². The molecule has 6 nitrogen and oxygen atoms in total. The number of anilines is 1. The van der Waals surface area contributed by atoms with Crippen molar-refractivity contribution in [1.82, 2.24) is 9.71 Å². The molecule has 7 heteroatoms. The van der Waals surface area contributed by atoms with E-state index in [1.165, 1.54) is 0 Å². The molecular formula is C17H21N3O3S. The highest BCUT2D eigenvalue weighted by molar-refractivity contribution is 7.89. The highest BCUT2D eigenvalue weighted by Crippen LogP contribution is 2.23. The van der Waals surface area contributed by atoms with Crippen LogP contribution in [0.5, 0.6) is 5.75 Å². The van der Waals surface area contributed by atoms with Crippen molar-refractivity contribution < 1.29 is 13.2 Å². The number of hydrogen-bond acceptors (Lipinski definition) is 5. The van der Waals surface area contributed by atoms with Gasteiger partial charge in [0.1, 0.15) is 11.6 Å². The molecule has 3 rings (SSSR count). The van der Waals surface area contributed by atoms with Crippen LogP contribution in [0.1, 0.15) is 12.0 Å². The van der Waals surface area contributed by atoms with E-state index in [0.29, 0.717) is 12.3 Å². The largest absolute Gasteiger partial charge is 0.496 e. The van der Waals surface area contributed by atoms with Gasteiger partial charge in [0.2, 0.25) is 10.0 Å². The molecule has 128 valence electrons. The van der Waals surface area contributed by atoms with E-state index < -0.39 is 10.0 Å². The number of aryl methyl sites for hydroxylation is 1. The van der Waals surface area contributed by atoms with Crippen molar-refractivity contribution in [3.63, 3.8) is 0 Å². The molecule has 0 saturated carbocycles. The van der Waals surface area contributed by atoms with Gasteiger partial charge in [-0.3, -0.25) is 0 Å². The molecule has 1 atom stereocenters. The summed E-state index contributed by atoms with van der Waals surface area (Å²) in [4.78, 5) is 6.67. The minimum absolute atomic E-state index is 0.126. The molecule has 2 aromatic rings. The Kier molecular flexibility index (Phi) is 4.73. The Morgan fingerprint density at radius 3 is 2.79 bits per heavy atom. The topological polar surface area (TPSA) is 71.5 Å². The normalized spacial score (nSPS) is 17.9. The molecule has 24 heavy (non-hydrogen) atoms. The molecule has 1 aliphatic heterocycles. The molecule has 1 unspecified atom stereocenters. The Labute approximate surface area is 142 Å². The number of aromatic nitrogens is 1. The van der Waals surface area contributed by atoms with E-state index in [9.17, 15) is 8.42 Å². The van der Waals surface area contributed by atoms with Gasteiger partial charge in [-0.1, -0.05) is 6.07 Å². The number of sulfonamides is 1. The molecule has 0 bridgehead atoms. The van der Waals surface area contributed by atoms with Crippen molar-refractivity contribution in [2.75, 3.05) is 25.1 Å². The number of pyridine rings is 1. The summed E-state index contributed by atoms with van der Waals surface area (Å²) in [6, 6.07) is 10.5. The lowest BCUT2D eigenvalue weighted by Gasteiger charge is -2.18. The van der Waals surface area contributed by atoms with E-state index in [2.05, 4.69) is 14.6 Å². The van der Waals surface area contributed by atoms with E-state index >= 15 is 0 Å². The van der Waals surface area contributed by atoms with Crippen LogP contribution in [0.4, 0.5) is 5.82 Å². The van der Waals surface area contributed by atoms with Gasteiger partial charge in [-0.2, -0.15) is 0 Å². The quantitative estimate of drug-likeness (QED) is 0.895. The SMILES string of the molecule is COc1ccc(S(=O)(=O)NC2CCN(c3ccccn3)C2)cc1C. The maximum absolute atomic E-state index is 12.6. The van der Waals surface area contributed by atoms with Crippen LogP contribution in [0.2, 0.25) is 0 Å². The molecule has 2 heterocycles. The predicted molar refractivity (Wildman–Crippen MR) is 92.9 cm³/mol. The predicted octanol–water partition coefficient (Wildman–Crippen LogP) is 1.96. The Morgan fingerprint density at radius 2 is 2.12 bits per heavy atom. The van der Waals surface area contributed by atoms with Crippen LogP contribution in [-0.2, 0) is 10.0 Å². The first kappa shape index (κ1) is 16.7. The monoisotopic (exact) mass is 347 g/mol. The van der Waals surface area contributed by atoms with Crippen LogP contribution in [-0.4, -0.2) is 39.6 Å². The summed E-state index contributed by atoms with van der Waals surface area (Å²) >= 11 is 0. The fourth-order valence-corrected chi connectivity index (χ4v) is 4.26. The van der Waals surface area contributed by atoms with Gasteiger partial charge in [0.15, 0.2) is 0 Å². The van der Waals surface area contributed by atoms with Gasteiger partial charge < -0.3 is 9.64 Å². The number of methoxy groups -OCH3 is 1. The molecule has 0 amide bonds. The van der Waals surface area contributed by atoms with Gasteiger partial charge in [0.05, 0.1) is 12.0 Å². The number of nitrogens with one attached hydrogen (secondary N) is 1. The minimum atomic E-state index is -3.55. The first-order chi connectivity index (χ1) is 11.5. The second-order valence-corrected chi connectivity index (χ2v) is 7.59. The van der Waals surface area contributed by atoms with Crippen molar-refractivity contribution in [1.29, 1.82) is 0 Å². The average Bonchev–Trinajstić information content (AvgIpc) is 3.03. The van der Waals surface area contributed by atoms with Crippen molar-refractivity contribution in [2.45, 2.75) is 24.3 Å². The molecule has 1 N–H and O–H groups in total. The lowest BCUT2D eigenvalue weighted by molar-refractivity contribution is 0.411. The molecule has 1 fully saturated rings. The van der Waals surface area contributed by atoms with Crippen molar-refractivity contribution in [3.05, 3.63) is 48.2 Å². The molecule has 1 aromatic carbocycles. The second kappa shape index (κ2) is 6.78. The summed E-state index contributed by atoms with van der Waals surface area (Å²) in [6.45, 7) is 3.23. The molecule has 0 spiro atoms. The van der Waals surface area contributed by atoms with Crippen molar-refractivity contribution in [3.8, 4) is 5.75 Å². The smallest absolute Gasteiger partial charge is 0.240 e. The van der Waals surface area contributed by atoms with E-state index in [0.717, 1.165) is 24.3 Å². The highest BCUT2D eigenvalue weighted by atomic mass is 32.2. The van der Waals surface area contributed by atoms with Crippen LogP contribution >= 0.6 is 0 Å². The van der Waals surface area contributed by atoms with Crippen LogP contribution in [0.15, 0.2) is 47.5 Å². The average molecular weight is 347 g/mol. The second-order valence-electron chi connectivity index (χ2n) is 5.87. The van der Waals surface area contributed by atoms with Gasteiger partial charge in [-0.05, 0) is 49.2 Å². The fraction of sp³-hybridized carbons (Fsp3) is 0.353. The zero-order valence-electron chi connectivity index (χ0n) is 13.8. The Balaban J connectivity index is 1.70. The molecule has 1 saturated heterocycles. The first-order valence-corrected chi connectivity index (χ1v) is 9.31. The third-order valence-corrected chi connectivity index (χ3v) is 5.68. The number of ether oxygens (including phenoxy) is 1. The molecule has 1 aliphatic rings. The number of nitrogens with zero attached hydrogens (tertiary/aromatic N) is 2. The van der Waals surface area contributed by atoms with Crippen LogP contribution in [0.3, 0.4) is 0 Å². The van der Waals surface area contributed by atoms with Gasteiger partial charge in [0.25, 0.3) is 0 Å². The van der Waals surface area contributed by atoms with E-state index in [-0.39, 0.29) is 10.9 Å². The van der Waals surface area contributed by atoms with Gasteiger partial charge in [-0.15, -0.1) is 0 Å². The Bertz CT molecular complexity index is 809. The van der Waals surface area contributed by atoms with E-state index in [4.69, 9.17) is 4.74 Å². The maximum Gasteiger partial charge on any atom is 0.240 e. The van der Waals surface area contributed by atoms with Crippen LogP contribution in [0, 0.1) is 6.92 Å². The summed E-state index contributed by atoms with van der Waals surface area (Å²) < 4.78 is 33.2. The van der Waals surface area contributed by atoms with Crippen LogP contribution < -0.4 is 14.4 Å². The molecule has 0 aliphatic carbocycles. The maximum atomic E-state index is 12.6. The standard InChI is InChI=1S/C17H21N3O3S/c1-13-11-15(6-7-16(13)23-2)24(21,22)19-14-8-10-20(12-14)17-5-3-4-9-18-17/h3-7,9,11,14,19H,8,10,12H2,1-2H3. The lowest BCUT2D eigenvalue weighted by atomic mass is 10.2. The number of rotatable bonds is 5. The van der Waals surface area contributed by atoms with Crippen LogP contribution in [0.25, 0.3) is 0 Å². The van der Waals surface area contributed by atoms with E-state index in [1.807, 2.05) is 25.1 Å². The third-order valence-electron chi connectivity index (χ3n) is 4.16. The third kappa shape index (κ3) is 3.52. The first-order valence-electron chi connectivity index (χ1n) is 7.82. The van der Waals surface area contributed by atoms with E-state index in [1.54, 1.807) is 31.5 Å². The van der Waals surface area contributed by atoms with Crippen molar-refractivity contribution >= 4 is 15.8 Å². The molecule has 1 aromatic heterocycles. The minimum Gasteiger partial charge on any atom is -0.496 e.